The van der Waals surface area contributed by atoms with E-state index in [1.54, 1.807) is 19.4 Å². The van der Waals surface area contributed by atoms with Crippen LogP contribution in [0.4, 0.5) is 16.0 Å². The summed E-state index contributed by atoms with van der Waals surface area (Å²) in [6.45, 7) is 6.90. The third-order valence-corrected chi connectivity index (χ3v) is 6.98. The molecule has 0 aliphatic carbocycles. The Bertz CT molecular complexity index is 1410. The number of piperazine rings is 1. The van der Waals surface area contributed by atoms with Crippen LogP contribution in [0.15, 0.2) is 67.0 Å². The first-order valence-corrected chi connectivity index (χ1v) is 13.2. The normalized spacial score (nSPS) is 14.2. The van der Waals surface area contributed by atoms with Gasteiger partial charge in [0.15, 0.2) is 5.82 Å². The lowest BCUT2D eigenvalue weighted by Gasteiger charge is -2.35. The van der Waals surface area contributed by atoms with E-state index in [0.29, 0.717) is 23.3 Å². The summed E-state index contributed by atoms with van der Waals surface area (Å²) < 4.78 is 20.8. The summed E-state index contributed by atoms with van der Waals surface area (Å²) in [5.41, 5.74) is 3.97. The highest BCUT2D eigenvalue weighted by atomic mass is 35.5. The molecule has 5 rings (SSSR count). The summed E-state index contributed by atoms with van der Waals surface area (Å²) in [5, 5.41) is 8.26. The Kier molecular flexibility index (Phi) is 8.39. The van der Waals surface area contributed by atoms with E-state index in [0.717, 1.165) is 61.0 Å². The molecule has 1 aliphatic rings. The van der Waals surface area contributed by atoms with Crippen molar-refractivity contribution < 1.29 is 9.13 Å². The Morgan fingerprint density at radius 3 is 2.62 bits per heavy atom. The van der Waals surface area contributed by atoms with Crippen LogP contribution in [-0.2, 0) is 6.54 Å². The minimum absolute atomic E-state index is 0.304. The van der Waals surface area contributed by atoms with Crippen LogP contribution in [0.1, 0.15) is 16.8 Å². The van der Waals surface area contributed by atoms with Gasteiger partial charge in [-0.2, -0.15) is 10.1 Å². The van der Waals surface area contributed by atoms with Gasteiger partial charge in [0.1, 0.15) is 11.6 Å². The predicted molar refractivity (Wildman–Crippen MR) is 153 cm³/mol. The van der Waals surface area contributed by atoms with E-state index in [1.165, 1.54) is 6.07 Å². The highest BCUT2D eigenvalue weighted by Gasteiger charge is 2.17. The summed E-state index contributed by atoms with van der Waals surface area (Å²) in [5.74, 6) is 1.76. The van der Waals surface area contributed by atoms with E-state index in [-0.39, 0.29) is 5.82 Å². The third-order valence-electron chi connectivity index (χ3n) is 6.76. The third kappa shape index (κ3) is 6.74. The van der Waals surface area contributed by atoms with E-state index in [2.05, 4.69) is 42.3 Å². The Morgan fingerprint density at radius 2 is 1.87 bits per heavy atom. The number of nitrogens with zero attached hydrogens (tertiary/aromatic N) is 6. The fourth-order valence-corrected chi connectivity index (χ4v) is 4.75. The Hall–Kier alpha value is -3.95. The monoisotopic (exact) mass is 547 g/mol. The minimum atomic E-state index is -0.304. The average molecular weight is 548 g/mol. The molecule has 1 aliphatic heterocycles. The van der Waals surface area contributed by atoms with Crippen LogP contribution in [0, 0.1) is 12.7 Å². The lowest BCUT2D eigenvalue weighted by molar-refractivity contribution is 0.284. The summed E-state index contributed by atoms with van der Waals surface area (Å²) in [7, 11) is 1.65. The molecule has 0 spiro atoms. The zero-order chi connectivity index (χ0) is 27.2. The van der Waals surface area contributed by atoms with Crippen molar-refractivity contribution in [2.45, 2.75) is 13.5 Å². The van der Waals surface area contributed by atoms with Gasteiger partial charge < -0.3 is 15.0 Å². The maximum Gasteiger partial charge on any atom is 0.224 e. The molecule has 0 radical (unpaired) electrons. The molecule has 39 heavy (non-hydrogen) atoms. The molecule has 1 saturated heterocycles. The average Bonchev–Trinajstić information content (AvgIpc) is 3.32. The molecule has 0 bridgehead atoms. The number of ether oxygens (including phenoxy) is 1. The van der Waals surface area contributed by atoms with Crippen molar-refractivity contribution in [1.82, 2.24) is 24.6 Å². The van der Waals surface area contributed by atoms with E-state index < -0.39 is 0 Å². The van der Waals surface area contributed by atoms with Gasteiger partial charge in [-0.05, 0) is 42.8 Å². The Labute approximate surface area is 232 Å². The fraction of sp³-hybridized carbons (Fsp3) is 0.276. The van der Waals surface area contributed by atoms with Crippen molar-refractivity contribution in [2.24, 2.45) is 0 Å². The summed E-state index contributed by atoms with van der Waals surface area (Å²) in [4.78, 5) is 13.5. The van der Waals surface area contributed by atoms with Crippen LogP contribution in [0.25, 0.3) is 11.9 Å². The van der Waals surface area contributed by atoms with Crippen LogP contribution >= 0.6 is 11.6 Å². The molecule has 0 unspecified atom stereocenters. The smallest absolute Gasteiger partial charge is 0.224 e. The zero-order valence-corrected chi connectivity index (χ0v) is 22.8. The Balaban J connectivity index is 1.15. The number of rotatable bonds is 9. The number of methoxy groups -OCH3 is 1. The van der Waals surface area contributed by atoms with Gasteiger partial charge in [-0.15, -0.1) is 0 Å². The molecule has 2 aromatic carbocycles. The van der Waals surface area contributed by atoms with Crippen molar-refractivity contribution in [3.05, 3.63) is 94.7 Å². The van der Waals surface area contributed by atoms with Gasteiger partial charge in [-0.1, -0.05) is 35.9 Å². The number of hydrogen-bond acceptors (Lipinski definition) is 7. The highest BCUT2D eigenvalue weighted by molar-refractivity contribution is 6.30. The highest BCUT2D eigenvalue weighted by Crippen LogP contribution is 2.23. The van der Waals surface area contributed by atoms with Crippen LogP contribution in [0.5, 0.6) is 5.75 Å². The number of aromatic nitrogens is 4. The van der Waals surface area contributed by atoms with Crippen LogP contribution < -0.4 is 15.0 Å². The molecule has 1 fully saturated rings. The quantitative estimate of drug-likeness (QED) is 0.308. The maximum atomic E-state index is 13.7. The molecule has 1 N–H and O–H groups in total. The molecule has 2 aromatic heterocycles. The van der Waals surface area contributed by atoms with E-state index in [9.17, 15) is 4.39 Å². The van der Waals surface area contributed by atoms with Crippen molar-refractivity contribution in [1.29, 1.82) is 0 Å². The van der Waals surface area contributed by atoms with Crippen molar-refractivity contribution in [3.63, 3.8) is 0 Å². The second-order valence-electron chi connectivity index (χ2n) is 9.35. The zero-order valence-electron chi connectivity index (χ0n) is 22.0. The van der Waals surface area contributed by atoms with Crippen LogP contribution in [0.3, 0.4) is 0 Å². The molecule has 3 heterocycles. The van der Waals surface area contributed by atoms with Crippen molar-refractivity contribution in [3.8, 4) is 11.6 Å². The summed E-state index contributed by atoms with van der Waals surface area (Å²) >= 11 is 6.03. The van der Waals surface area contributed by atoms with Crippen LogP contribution in [0.2, 0.25) is 5.02 Å². The summed E-state index contributed by atoms with van der Waals surface area (Å²) in [6.07, 6.45) is 7.84. The molecule has 10 heteroatoms. The lowest BCUT2D eigenvalue weighted by Crippen LogP contribution is -2.46. The molecule has 8 nitrogen and oxygen atoms in total. The number of anilines is 2. The van der Waals surface area contributed by atoms with Gasteiger partial charge >= 0.3 is 0 Å². The van der Waals surface area contributed by atoms with Crippen molar-refractivity contribution >= 4 is 29.3 Å². The van der Waals surface area contributed by atoms with E-state index in [1.807, 2.05) is 54.2 Å². The Morgan fingerprint density at radius 1 is 1.08 bits per heavy atom. The topological polar surface area (TPSA) is 71.3 Å². The van der Waals surface area contributed by atoms with Crippen molar-refractivity contribution in [2.75, 3.05) is 50.1 Å². The van der Waals surface area contributed by atoms with Crippen LogP contribution in [-0.4, -0.2) is 64.5 Å². The molecule has 0 amide bonds. The van der Waals surface area contributed by atoms with Gasteiger partial charge in [0.25, 0.3) is 0 Å². The van der Waals surface area contributed by atoms with Gasteiger partial charge in [0, 0.05) is 67.8 Å². The lowest BCUT2D eigenvalue weighted by atomic mass is 10.2. The molecule has 0 saturated carbocycles. The second kappa shape index (κ2) is 12.3. The largest absolute Gasteiger partial charge is 0.497 e. The predicted octanol–water partition coefficient (Wildman–Crippen LogP) is 5.22. The first-order valence-electron chi connectivity index (χ1n) is 12.8. The standard InChI is InChI=1S/C29H31ClFN7O/c1-21-23(4-3-11-36-12-14-37(15-13-36)26-17-24(30)16-25(31)18-26)20-34-38(21)28-9-10-32-29(35-28)33-19-22-5-7-27(39-2)8-6-22/h3-10,16-18,20H,11-15,19H2,1-2H3,(H,32,33,35)/b4-3+. The maximum absolute atomic E-state index is 13.7. The summed E-state index contributed by atoms with van der Waals surface area (Å²) in [6, 6.07) is 14.4. The first kappa shape index (κ1) is 26.6. The molecular weight excluding hydrogens is 517 g/mol. The molecule has 4 aromatic rings. The number of hydrogen-bond donors (Lipinski definition) is 1. The molecule has 202 valence electrons. The van der Waals surface area contributed by atoms with Gasteiger partial charge in [0.2, 0.25) is 5.95 Å². The van der Waals surface area contributed by atoms with E-state index >= 15 is 0 Å². The number of halogens is 2. The SMILES string of the molecule is COc1ccc(CNc2nccc(-n3ncc(/C=C/CN4CCN(c5cc(F)cc(Cl)c5)CC4)c3C)n2)cc1. The number of benzene rings is 2. The minimum Gasteiger partial charge on any atom is -0.497 e. The van der Waals surface area contributed by atoms with E-state index in [4.69, 9.17) is 16.3 Å². The van der Waals surface area contributed by atoms with Gasteiger partial charge in [-0.25, -0.2) is 14.1 Å². The second-order valence-corrected chi connectivity index (χ2v) is 9.79. The molecule has 0 atom stereocenters. The van der Waals surface area contributed by atoms with Gasteiger partial charge in [0.05, 0.1) is 19.0 Å². The number of nitrogens with one attached hydrogen (secondary N) is 1. The fourth-order valence-electron chi connectivity index (χ4n) is 4.53. The first-order chi connectivity index (χ1) is 19.0. The molecular formula is C29H31ClFN7O. The van der Waals surface area contributed by atoms with Gasteiger partial charge in [-0.3, -0.25) is 4.90 Å².